The number of carbonyl (C=O) groups is 1. The van der Waals surface area contributed by atoms with E-state index in [0.29, 0.717) is 24.1 Å². The van der Waals surface area contributed by atoms with Crippen LogP contribution in [0.5, 0.6) is 0 Å². The number of para-hydroxylation sites is 1. The molecule has 1 saturated heterocycles. The number of hydrogen-bond donors (Lipinski definition) is 1. The van der Waals surface area contributed by atoms with Gasteiger partial charge < -0.3 is 14.6 Å². The van der Waals surface area contributed by atoms with Crippen LogP contribution in [0.25, 0.3) is 21.0 Å². The Morgan fingerprint density at radius 2 is 2.00 bits per heavy atom. The Morgan fingerprint density at radius 3 is 2.78 bits per heavy atom. The number of piperazine rings is 1. The molecular weight excluding hydrogens is 360 g/mol. The number of carbonyl (C=O) groups excluding carboxylic acids is 1. The van der Waals surface area contributed by atoms with E-state index >= 15 is 0 Å². The quantitative estimate of drug-likeness (QED) is 0.733. The Hall–Kier alpha value is -2.22. The first-order chi connectivity index (χ1) is 13.1. The van der Waals surface area contributed by atoms with Gasteiger partial charge in [0.05, 0.1) is 10.2 Å². The van der Waals surface area contributed by atoms with E-state index in [1.54, 1.807) is 17.4 Å². The fourth-order valence-corrected chi connectivity index (χ4v) is 4.20. The Bertz CT molecular complexity index is 894. The van der Waals surface area contributed by atoms with Crippen LogP contribution in [-0.2, 0) is 0 Å². The zero-order valence-corrected chi connectivity index (χ0v) is 16.5. The number of nitrogens with one attached hydrogen (secondary N) is 1. The number of thiazole rings is 1. The van der Waals surface area contributed by atoms with Crippen molar-refractivity contribution in [3.05, 3.63) is 42.2 Å². The average molecular weight is 385 g/mol. The van der Waals surface area contributed by atoms with Crippen LogP contribution in [0.15, 0.2) is 40.8 Å². The maximum Gasteiger partial charge on any atom is 0.287 e. The molecule has 1 fully saturated rings. The molecule has 1 aliphatic rings. The molecule has 0 aliphatic carbocycles. The van der Waals surface area contributed by atoms with E-state index in [1.807, 2.05) is 30.3 Å². The number of nitrogens with zero attached hydrogens (tertiary/aromatic N) is 3. The van der Waals surface area contributed by atoms with Gasteiger partial charge in [0.1, 0.15) is 0 Å². The van der Waals surface area contributed by atoms with Crippen LogP contribution in [0, 0.1) is 0 Å². The van der Waals surface area contributed by atoms with E-state index in [0.717, 1.165) is 41.4 Å². The van der Waals surface area contributed by atoms with Gasteiger partial charge in [0, 0.05) is 38.8 Å². The summed E-state index contributed by atoms with van der Waals surface area (Å²) in [7, 11) is 2.14. The SMILES string of the molecule is CC(CNC(=O)c1ccc(-c2nc3ccccc3s2)o1)N1CCN(C)CC1. The molecule has 3 heterocycles. The molecule has 7 heteroatoms. The van der Waals surface area contributed by atoms with E-state index in [1.165, 1.54) is 0 Å². The van der Waals surface area contributed by atoms with Gasteiger partial charge in [-0.05, 0) is 38.2 Å². The molecule has 4 rings (SSSR count). The van der Waals surface area contributed by atoms with Crippen LogP contribution in [0.2, 0.25) is 0 Å². The standard InChI is InChI=1S/C20H24N4O2S/c1-14(24-11-9-23(2)10-12-24)13-21-19(25)16-7-8-17(26-16)20-22-15-5-3-4-6-18(15)27-20/h3-8,14H,9-13H2,1-2H3,(H,21,25). The second-order valence-electron chi connectivity index (χ2n) is 7.05. The fourth-order valence-electron chi connectivity index (χ4n) is 3.27. The maximum atomic E-state index is 12.5. The summed E-state index contributed by atoms with van der Waals surface area (Å²) < 4.78 is 6.88. The van der Waals surface area contributed by atoms with E-state index < -0.39 is 0 Å². The molecule has 27 heavy (non-hydrogen) atoms. The second kappa shape index (κ2) is 7.80. The lowest BCUT2D eigenvalue weighted by Gasteiger charge is -2.36. The van der Waals surface area contributed by atoms with Crippen LogP contribution in [-0.4, -0.2) is 66.5 Å². The molecule has 0 radical (unpaired) electrons. The van der Waals surface area contributed by atoms with Crippen molar-refractivity contribution in [3.8, 4) is 10.8 Å². The summed E-state index contributed by atoms with van der Waals surface area (Å²) in [5, 5.41) is 3.79. The Kier molecular flexibility index (Phi) is 5.24. The van der Waals surface area contributed by atoms with E-state index in [9.17, 15) is 4.79 Å². The highest BCUT2D eigenvalue weighted by atomic mass is 32.1. The molecule has 6 nitrogen and oxygen atoms in total. The van der Waals surface area contributed by atoms with Gasteiger partial charge in [-0.3, -0.25) is 9.69 Å². The number of hydrogen-bond acceptors (Lipinski definition) is 6. The van der Waals surface area contributed by atoms with Crippen molar-refractivity contribution in [2.45, 2.75) is 13.0 Å². The van der Waals surface area contributed by atoms with Crippen molar-refractivity contribution in [3.63, 3.8) is 0 Å². The lowest BCUT2D eigenvalue weighted by atomic mass is 10.2. The third kappa shape index (κ3) is 4.05. The van der Waals surface area contributed by atoms with Crippen LogP contribution in [0.1, 0.15) is 17.5 Å². The molecule has 1 amide bonds. The van der Waals surface area contributed by atoms with E-state index in [2.05, 4.69) is 34.1 Å². The van der Waals surface area contributed by atoms with Crippen LogP contribution >= 0.6 is 11.3 Å². The number of aromatic nitrogens is 1. The minimum absolute atomic E-state index is 0.177. The summed E-state index contributed by atoms with van der Waals surface area (Å²) in [4.78, 5) is 21.8. The minimum Gasteiger partial charge on any atom is -0.448 e. The highest BCUT2D eigenvalue weighted by molar-refractivity contribution is 7.21. The molecule has 1 aliphatic heterocycles. The molecule has 0 spiro atoms. The molecule has 0 saturated carbocycles. The van der Waals surface area contributed by atoms with Gasteiger partial charge in [0.25, 0.3) is 5.91 Å². The van der Waals surface area contributed by atoms with Gasteiger partial charge in [-0.1, -0.05) is 12.1 Å². The van der Waals surface area contributed by atoms with Gasteiger partial charge in [0.15, 0.2) is 16.5 Å². The molecule has 1 aromatic carbocycles. The van der Waals surface area contributed by atoms with Gasteiger partial charge in [-0.15, -0.1) is 11.3 Å². The minimum atomic E-state index is -0.177. The number of rotatable bonds is 5. The fraction of sp³-hybridized carbons (Fsp3) is 0.400. The molecule has 2 aromatic heterocycles. The number of amides is 1. The third-order valence-electron chi connectivity index (χ3n) is 5.05. The van der Waals surface area contributed by atoms with E-state index in [-0.39, 0.29) is 5.91 Å². The monoisotopic (exact) mass is 384 g/mol. The largest absolute Gasteiger partial charge is 0.448 e. The predicted octanol–water partition coefficient (Wildman–Crippen LogP) is 2.92. The average Bonchev–Trinajstić information content (AvgIpc) is 3.33. The smallest absolute Gasteiger partial charge is 0.287 e. The van der Waals surface area contributed by atoms with Crippen molar-refractivity contribution < 1.29 is 9.21 Å². The molecule has 142 valence electrons. The van der Waals surface area contributed by atoms with Crippen LogP contribution in [0.4, 0.5) is 0 Å². The van der Waals surface area contributed by atoms with Crippen molar-refractivity contribution in [2.24, 2.45) is 0 Å². The lowest BCUT2D eigenvalue weighted by molar-refractivity contribution is 0.0879. The van der Waals surface area contributed by atoms with Crippen LogP contribution < -0.4 is 5.32 Å². The first-order valence-electron chi connectivity index (χ1n) is 9.27. The normalized spacial score (nSPS) is 17.3. The zero-order valence-electron chi connectivity index (χ0n) is 15.6. The summed E-state index contributed by atoms with van der Waals surface area (Å²) in [5.74, 6) is 0.784. The predicted molar refractivity (Wildman–Crippen MR) is 108 cm³/mol. The topological polar surface area (TPSA) is 61.6 Å². The number of furan rings is 1. The van der Waals surface area contributed by atoms with Gasteiger partial charge >= 0.3 is 0 Å². The van der Waals surface area contributed by atoms with E-state index in [4.69, 9.17) is 4.42 Å². The van der Waals surface area contributed by atoms with Gasteiger partial charge in [0.2, 0.25) is 0 Å². The number of likely N-dealkylation sites (N-methyl/N-ethyl adjacent to an activating group) is 1. The number of fused-ring (bicyclic) bond motifs is 1. The molecule has 0 bridgehead atoms. The van der Waals surface area contributed by atoms with Crippen molar-refractivity contribution in [1.29, 1.82) is 0 Å². The maximum absolute atomic E-state index is 12.5. The Balaban J connectivity index is 1.37. The molecule has 1 atom stereocenters. The summed E-state index contributed by atoms with van der Waals surface area (Å²) in [5.41, 5.74) is 0.945. The summed E-state index contributed by atoms with van der Waals surface area (Å²) >= 11 is 1.57. The molecular formula is C20H24N4O2S. The lowest BCUT2D eigenvalue weighted by Crippen LogP contribution is -2.51. The zero-order chi connectivity index (χ0) is 18.8. The molecule has 3 aromatic rings. The highest BCUT2D eigenvalue weighted by Gasteiger charge is 2.20. The van der Waals surface area contributed by atoms with Crippen LogP contribution in [0.3, 0.4) is 0 Å². The van der Waals surface area contributed by atoms with Crippen molar-refractivity contribution >= 4 is 27.5 Å². The number of benzene rings is 1. The van der Waals surface area contributed by atoms with Gasteiger partial charge in [-0.2, -0.15) is 0 Å². The Labute approximate surface area is 162 Å². The van der Waals surface area contributed by atoms with Gasteiger partial charge in [-0.25, -0.2) is 4.98 Å². The first-order valence-corrected chi connectivity index (χ1v) is 10.1. The van der Waals surface area contributed by atoms with Crippen molar-refractivity contribution in [2.75, 3.05) is 39.8 Å². The first kappa shape index (κ1) is 18.2. The third-order valence-corrected chi connectivity index (χ3v) is 6.10. The molecule has 1 unspecified atom stereocenters. The van der Waals surface area contributed by atoms with Crippen molar-refractivity contribution in [1.82, 2.24) is 20.1 Å². The summed E-state index contributed by atoms with van der Waals surface area (Å²) in [6, 6.07) is 11.8. The second-order valence-corrected chi connectivity index (χ2v) is 8.08. The summed E-state index contributed by atoms with van der Waals surface area (Å²) in [6.45, 7) is 6.98. The Morgan fingerprint density at radius 1 is 1.22 bits per heavy atom. The summed E-state index contributed by atoms with van der Waals surface area (Å²) in [6.07, 6.45) is 0. The highest BCUT2D eigenvalue weighted by Crippen LogP contribution is 2.31. The molecule has 1 N–H and O–H groups in total.